The first kappa shape index (κ1) is 21.9. The van der Waals surface area contributed by atoms with Crippen molar-refractivity contribution in [3.63, 3.8) is 0 Å². The van der Waals surface area contributed by atoms with Crippen LogP contribution in [0.25, 0.3) is 0 Å². The highest BCUT2D eigenvalue weighted by atomic mass is 35.5. The molecule has 5 rings (SSSR count). The Hall–Kier alpha value is -1.89. The molecular formula is C24H24Cl2N2O3S. The van der Waals surface area contributed by atoms with Crippen LogP contribution in [0, 0.1) is 5.92 Å². The highest BCUT2D eigenvalue weighted by Gasteiger charge is 2.40. The number of thiophene rings is 1. The molecule has 2 aromatic rings. The minimum atomic E-state index is -0.665. The lowest BCUT2D eigenvalue weighted by Crippen LogP contribution is -2.22. The average molecular weight is 491 g/mol. The maximum Gasteiger partial charge on any atom is 0.223 e. The minimum Gasteiger partial charge on any atom is -0.384 e. The largest absolute Gasteiger partial charge is 0.384 e. The first-order chi connectivity index (χ1) is 15.3. The summed E-state index contributed by atoms with van der Waals surface area (Å²) in [6, 6.07) is 5.42. The molecule has 1 aromatic carbocycles. The van der Waals surface area contributed by atoms with Crippen molar-refractivity contribution in [1.82, 2.24) is 5.32 Å². The molecule has 1 N–H and O–H groups in total. The molecule has 8 heteroatoms. The number of amides is 1. The Kier molecular flexibility index (Phi) is 5.81. The lowest BCUT2D eigenvalue weighted by molar-refractivity contribution is -0.122. The van der Waals surface area contributed by atoms with Gasteiger partial charge in [0.05, 0.1) is 9.75 Å². The van der Waals surface area contributed by atoms with Gasteiger partial charge in [-0.05, 0) is 68.4 Å². The summed E-state index contributed by atoms with van der Waals surface area (Å²) in [6.45, 7) is 2.64. The number of nitrogens with one attached hydrogen (secondary N) is 1. The van der Waals surface area contributed by atoms with Gasteiger partial charge < -0.3 is 10.2 Å². The molecule has 1 aliphatic carbocycles. The molecule has 1 aromatic heterocycles. The summed E-state index contributed by atoms with van der Waals surface area (Å²) in [5, 5.41) is 8.40. The number of Topliss-reactive ketones (excluding diaryl/α,β-unsaturated/α-hetero) is 1. The van der Waals surface area contributed by atoms with E-state index in [1.54, 1.807) is 6.07 Å². The van der Waals surface area contributed by atoms with Gasteiger partial charge in [-0.2, -0.15) is 0 Å². The predicted molar refractivity (Wildman–Crippen MR) is 127 cm³/mol. The lowest BCUT2D eigenvalue weighted by Gasteiger charge is -2.22. The molecule has 0 saturated carbocycles. The molecule has 2 atom stereocenters. The summed E-state index contributed by atoms with van der Waals surface area (Å²) in [4.78, 5) is 33.0. The zero-order valence-corrected chi connectivity index (χ0v) is 20.1. The van der Waals surface area contributed by atoms with Gasteiger partial charge in [-0.1, -0.05) is 28.4 Å². The van der Waals surface area contributed by atoms with Crippen LogP contribution in [0.2, 0.25) is 10.0 Å². The van der Waals surface area contributed by atoms with Crippen molar-refractivity contribution in [2.75, 3.05) is 6.54 Å². The van der Waals surface area contributed by atoms with Gasteiger partial charge in [0, 0.05) is 40.9 Å². The maximum absolute atomic E-state index is 13.2. The van der Waals surface area contributed by atoms with Crippen LogP contribution >= 0.6 is 34.5 Å². The van der Waals surface area contributed by atoms with E-state index in [4.69, 9.17) is 28.0 Å². The Balaban J connectivity index is 1.44. The monoisotopic (exact) mass is 490 g/mol. The molecule has 0 bridgehead atoms. The highest BCUT2D eigenvalue weighted by molar-refractivity contribution is 7.16. The van der Waals surface area contributed by atoms with Crippen LogP contribution < -0.4 is 5.32 Å². The minimum absolute atomic E-state index is 0.00601. The SMILES string of the molecule is CC1(c2cc(Cl)cc(Cl)c2)CC(c2sc(C(=O)CC3CCNC3=O)c3c2CCCC3)=NO1. The van der Waals surface area contributed by atoms with Crippen LogP contribution in [0.1, 0.15) is 70.3 Å². The van der Waals surface area contributed by atoms with Crippen LogP contribution in [0.5, 0.6) is 0 Å². The van der Waals surface area contributed by atoms with Crippen molar-refractivity contribution < 1.29 is 14.4 Å². The molecule has 0 radical (unpaired) electrons. The van der Waals surface area contributed by atoms with Gasteiger partial charge in [0.15, 0.2) is 11.4 Å². The van der Waals surface area contributed by atoms with Crippen molar-refractivity contribution in [2.24, 2.45) is 11.1 Å². The summed E-state index contributed by atoms with van der Waals surface area (Å²) in [5.41, 5.74) is 3.46. The van der Waals surface area contributed by atoms with Crippen molar-refractivity contribution in [1.29, 1.82) is 0 Å². The van der Waals surface area contributed by atoms with Gasteiger partial charge >= 0.3 is 0 Å². The third-order valence-corrected chi connectivity index (χ3v) is 8.47. The first-order valence-corrected chi connectivity index (χ1v) is 12.6. The number of fused-ring (bicyclic) bond motifs is 1. The van der Waals surface area contributed by atoms with E-state index in [1.807, 2.05) is 19.1 Å². The zero-order chi connectivity index (χ0) is 22.5. The van der Waals surface area contributed by atoms with Gasteiger partial charge in [0.25, 0.3) is 0 Å². The lowest BCUT2D eigenvalue weighted by atomic mass is 9.86. The Morgan fingerprint density at radius 2 is 1.94 bits per heavy atom. The average Bonchev–Trinajstić information content (AvgIpc) is 3.45. The number of nitrogens with zero attached hydrogens (tertiary/aromatic N) is 1. The summed E-state index contributed by atoms with van der Waals surface area (Å²) in [5.74, 6) is -0.144. The van der Waals surface area contributed by atoms with E-state index in [0.717, 1.165) is 58.7 Å². The molecule has 3 aliphatic rings. The summed E-state index contributed by atoms with van der Waals surface area (Å²) in [7, 11) is 0. The van der Waals surface area contributed by atoms with E-state index in [0.29, 0.717) is 23.0 Å². The van der Waals surface area contributed by atoms with Crippen molar-refractivity contribution in [3.05, 3.63) is 54.7 Å². The van der Waals surface area contributed by atoms with Gasteiger partial charge in [-0.25, -0.2) is 0 Å². The van der Waals surface area contributed by atoms with E-state index in [9.17, 15) is 9.59 Å². The first-order valence-electron chi connectivity index (χ1n) is 11.0. The fourth-order valence-corrected chi connectivity index (χ4v) is 6.77. The number of ketones is 1. The fourth-order valence-electron chi connectivity index (χ4n) is 4.92. The molecular weight excluding hydrogens is 467 g/mol. The third kappa shape index (κ3) is 3.97. The number of halogens is 2. The molecule has 0 spiro atoms. The Morgan fingerprint density at radius 3 is 2.62 bits per heavy atom. The summed E-state index contributed by atoms with van der Waals surface area (Å²) < 4.78 is 0. The highest BCUT2D eigenvalue weighted by Crippen LogP contribution is 2.43. The smallest absolute Gasteiger partial charge is 0.223 e. The predicted octanol–water partition coefficient (Wildman–Crippen LogP) is 5.68. The quantitative estimate of drug-likeness (QED) is 0.547. The Bertz CT molecular complexity index is 1120. The number of benzene rings is 1. The second-order valence-electron chi connectivity index (χ2n) is 9.02. The molecule has 32 heavy (non-hydrogen) atoms. The summed E-state index contributed by atoms with van der Waals surface area (Å²) in [6.07, 6.45) is 5.61. The van der Waals surface area contributed by atoms with Crippen LogP contribution in [0.3, 0.4) is 0 Å². The second kappa shape index (κ2) is 8.47. The van der Waals surface area contributed by atoms with Crippen LogP contribution in [-0.4, -0.2) is 23.9 Å². The van der Waals surface area contributed by atoms with E-state index in [2.05, 4.69) is 10.5 Å². The normalized spacial score (nSPS) is 24.7. The van der Waals surface area contributed by atoms with Crippen molar-refractivity contribution in [2.45, 2.75) is 57.5 Å². The number of hydrogen-bond acceptors (Lipinski definition) is 5. The molecule has 5 nitrogen and oxygen atoms in total. The number of hydrogen-bond donors (Lipinski definition) is 1. The maximum atomic E-state index is 13.2. The number of oxime groups is 1. The van der Waals surface area contributed by atoms with Crippen molar-refractivity contribution in [3.8, 4) is 0 Å². The molecule has 1 saturated heterocycles. The third-order valence-electron chi connectivity index (χ3n) is 6.67. The molecule has 1 amide bonds. The topological polar surface area (TPSA) is 67.8 Å². The summed E-state index contributed by atoms with van der Waals surface area (Å²) >= 11 is 14.0. The fraction of sp³-hybridized carbons (Fsp3) is 0.458. The van der Waals surface area contributed by atoms with Gasteiger partial charge in [-0.15, -0.1) is 11.3 Å². The van der Waals surface area contributed by atoms with E-state index in [1.165, 1.54) is 16.9 Å². The van der Waals surface area contributed by atoms with Crippen molar-refractivity contribution >= 4 is 51.9 Å². The molecule has 2 aliphatic heterocycles. The molecule has 168 valence electrons. The number of carbonyl (C=O) groups excluding carboxylic acids is 2. The Labute approximate surface area is 201 Å². The number of rotatable bonds is 5. The van der Waals surface area contributed by atoms with E-state index < -0.39 is 5.60 Å². The van der Waals surface area contributed by atoms with Gasteiger partial charge in [0.2, 0.25) is 5.91 Å². The van der Waals surface area contributed by atoms with Gasteiger partial charge in [0.1, 0.15) is 5.71 Å². The Morgan fingerprint density at radius 1 is 1.22 bits per heavy atom. The van der Waals surface area contributed by atoms with Crippen LogP contribution in [0.4, 0.5) is 0 Å². The van der Waals surface area contributed by atoms with Crippen LogP contribution in [-0.2, 0) is 28.1 Å². The molecule has 1 fully saturated rings. The van der Waals surface area contributed by atoms with Gasteiger partial charge in [-0.3, -0.25) is 9.59 Å². The van der Waals surface area contributed by atoms with Crippen LogP contribution in [0.15, 0.2) is 23.4 Å². The molecule has 2 unspecified atom stereocenters. The second-order valence-corrected chi connectivity index (χ2v) is 10.9. The van der Waals surface area contributed by atoms with E-state index >= 15 is 0 Å². The molecule has 3 heterocycles. The number of carbonyl (C=O) groups is 2. The van der Waals surface area contributed by atoms with E-state index in [-0.39, 0.29) is 24.0 Å². The standard InChI is InChI=1S/C24H24Cl2N2O3S/c1-24(14-9-15(25)11-16(26)10-14)12-19(28-31-24)21-17-4-2-3-5-18(17)22(32-21)20(29)8-13-6-7-27-23(13)30/h9-11,13H,2-8,12H2,1H3,(H,27,30). The zero-order valence-electron chi connectivity index (χ0n) is 17.8.